The van der Waals surface area contributed by atoms with Crippen molar-refractivity contribution in [3.05, 3.63) is 23.6 Å². The van der Waals surface area contributed by atoms with E-state index in [1.165, 1.54) is 0 Å². The average Bonchev–Trinajstić information content (AvgIpc) is 2.26. The summed E-state index contributed by atoms with van der Waals surface area (Å²) < 4.78 is 12.8. The molecule has 16 heavy (non-hydrogen) atoms. The Bertz CT molecular complexity index is 426. The van der Waals surface area contributed by atoms with E-state index in [2.05, 4.69) is 16.2 Å². The fraction of sp³-hybridized carbons (Fsp3) is 0.273. The van der Waals surface area contributed by atoms with Crippen LogP contribution in [0.1, 0.15) is 23.2 Å². The van der Waals surface area contributed by atoms with Crippen LogP contribution in [0.4, 0.5) is 10.2 Å². The molecule has 0 aliphatic rings. The number of aromatic nitrogens is 1. The van der Waals surface area contributed by atoms with Crippen LogP contribution in [0.3, 0.4) is 0 Å². The Kier molecular flexibility index (Phi) is 4.28. The molecule has 0 fully saturated rings. The lowest BCUT2D eigenvalue weighted by Gasteiger charge is -2.07. The Morgan fingerprint density at radius 2 is 2.44 bits per heavy atom. The highest BCUT2D eigenvalue weighted by Crippen LogP contribution is 2.13. The van der Waals surface area contributed by atoms with Crippen LogP contribution in [0.15, 0.2) is 12.3 Å². The maximum absolute atomic E-state index is 12.8. The van der Waals surface area contributed by atoms with E-state index in [1.54, 1.807) is 0 Å². The van der Waals surface area contributed by atoms with Crippen LogP contribution in [0.5, 0.6) is 0 Å². The maximum atomic E-state index is 12.8. The summed E-state index contributed by atoms with van der Waals surface area (Å²) >= 11 is 0. The molecule has 1 rings (SSSR count). The minimum atomic E-state index is -1.22. The normalized spacial score (nSPS) is 9.50. The number of pyridine rings is 1. The minimum Gasteiger partial charge on any atom is -0.478 e. The number of terminal acetylenes is 1. The van der Waals surface area contributed by atoms with E-state index in [4.69, 9.17) is 11.5 Å². The molecule has 0 radical (unpaired) electrons. The quantitative estimate of drug-likeness (QED) is 0.588. The SMILES string of the molecule is C#CCCCNc1ncc(F)cc1C(=O)O. The molecule has 0 aliphatic carbocycles. The lowest BCUT2D eigenvalue weighted by Crippen LogP contribution is -2.10. The molecular formula is C11H11FN2O2. The smallest absolute Gasteiger partial charge is 0.339 e. The van der Waals surface area contributed by atoms with E-state index in [9.17, 15) is 9.18 Å². The van der Waals surface area contributed by atoms with Gasteiger partial charge in [0.05, 0.1) is 6.20 Å². The second-order valence-electron chi connectivity index (χ2n) is 3.09. The van der Waals surface area contributed by atoms with Gasteiger partial charge in [-0.2, -0.15) is 0 Å². The molecular weight excluding hydrogens is 211 g/mol. The fourth-order valence-electron chi connectivity index (χ4n) is 1.14. The number of carboxylic acids is 1. The second-order valence-corrected chi connectivity index (χ2v) is 3.09. The van der Waals surface area contributed by atoms with E-state index in [0.29, 0.717) is 19.4 Å². The maximum Gasteiger partial charge on any atom is 0.339 e. The molecule has 5 heteroatoms. The zero-order chi connectivity index (χ0) is 12.0. The van der Waals surface area contributed by atoms with Gasteiger partial charge >= 0.3 is 5.97 Å². The van der Waals surface area contributed by atoms with Crippen LogP contribution in [0, 0.1) is 18.2 Å². The number of hydrogen-bond acceptors (Lipinski definition) is 3. The van der Waals surface area contributed by atoms with Gasteiger partial charge in [-0.25, -0.2) is 14.2 Å². The lowest BCUT2D eigenvalue weighted by molar-refractivity contribution is 0.0697. The van der Waals surface area contributed by atoms with Gasteiger partial charge in [-0.05, 0) is 12.5 Å². The molecule has 0 saturated heterocycles. The summed E-state index contributed by atoms with van der Waals surface area (Å²) in [6.45, 7) is 0.503. The highest BCUT2D eigenvalue weighted by atomic mass is 19.1. The third kappa shape index (κ3) is 3.24. The van der Waals surface area contributed by atoms with Crippen molar-refractivity contribution in [3.63, 3.8) is 0 Å². The lowest BCUT2D eigenvalue weighted by atomic mass is 10.2. The predicted octanol–water partition coefficient (Wildman–Crippen LogP) is 1.74. The van der Waals surface area contributed by atoms with Crippen LogP contribution in [0.2, 0.25) is 0 Å². The molecule has 0 saturated carbocycles. The Labute approximate surface area is 92.5 Å². The standard InChI is InChI=1S/C11H11FN2O2/c1-2-3-4-5-13-10-9(11(15)16)6-8(12)7-14-10/h1,6-7H,3-5H2,(H,13,14)(H,15,16). The first-order valence-electron chi connectivity index (χ1n) is 4.71. The monoisotopic (exact) mass is 222 g/mol. The van der Waals surface area contributed by atoms with Gasteiger partial charge in [-0.3, -0.25) is 0 Å². The van der Waals surface area contributed by atoms with Gasteiger partial charge in [0, 0.05) is 13.0 Å². The molecule has 1 heterocycles. The summed E-state index contributed by atoms with van der Waals surface area (Å²) in [7, 11) is 0. The number of nitrogens with one attached hydrogen (secondary N) is 1. The minimum absolute atomic E-state index is 0.158. The van der Waals surface area contributed by atoms with Crippen molar-refractivity contribution < 1.29 is 14.3 Å². The van der Waals surface area contributed by atoms with Gasteiger partial charge in [0.1, 0.15) is 17.2 Å². The largest absolute Gasteiger partial charge is 0.478 e. The number of anilines is 1. The highest BCUT2D eigenvalue weighted by Gasteiger charge is 2.12. The van der Waals surface area contributed by atoms with Crippen molar-refractivity contribution in [2.24, 2.45) is 0 Å². The van der Waals surface area contributed by atoms with Crippen molar-refractivity contribution in [3.8, 4) is 12.3 Å². The summed E-state index contributed by atoms with van der Waals surface area (Å²) in [5.74, 6) is 0.731. The molecule has 2 N–H and O–H groups in total. The third-order valence-electron chi connectivity index (χ3n) is 1.88. The summed E-state index contributed by atoms with van der Waals surface area (Å²) in [6, 6.07) is 0.929. The van der Waals surface area contributed by atoms with E-state index >= 15 is 0 Å². The topological polar surface area (TPSA) is 62.2 Å². The molecule has 1 aromatic rings. The van der Waals surface area contributed by atoms with Crippen molar-refractivity contribution in [2.45, 2.75) is 12.8 Å². The number of rotatable bonds is 5. The van der Waals surface area contributed by atoms with Crippen LogP contribution in [0.25, 0.3) is 0 Å². The van der Waals surface area contributed by atoms with E-state index in [0.717, 1.165) is 12.3 Å². The third-order valence-corrected chi connectivity index (χ3v) is 1.88. The Balaban J connectivity index is 2.72. The number of carbonyl (C=O) groups is 1. The summed E-state index contributed by atoms with van der Waals surface area (Å²) in [6.07, 6.45) is 7.33. The second kappa shape index (κ2) is 5.71. The summed E-state index contributed by atoms with van der Waals surface area (Å²) in [5.41, 5.74) is -0.180. The van der Waals surface area contributed by atoms with Crippen LogP contribution >= 0.6 is 0 Å². The van der Waals surface area contributed by atoms with Gasteiger partial charge < -0.3 is 10.4 Å². The summed E-state index contributed by atoms with van der Waals surface area (Å²) in [5, 5.41) is 11.6. The van der Waals surface area contributed by atoms with E-state index in [-0.39, 0.29) is 11.4 Å². The molecule has 0 bridgehead atoms. The first kappa shape index (κ1) is 12.0. The van der Waals surface area contributed by atoms with Crippen LogP contribution in [-0.4, -0.2) is 22.6 Å². The first-order chi connectivity index (χ1) is 7.65. The molecule has 84 valence electrons. The highest BCUT2D eigenvalue weighted by molar-refractivity contribution is 5.93. The first-order valence-corrected chi connectivity index (χ1v) is 4.71. The van der Waals surface area contributed by atoms with Crippen LogP contribution < -0.4 is 5.32 Å². The molecule has 0 aliphatic heterocycles. The Morgan fingerprint density at radius 3 is 3.06 bits per heavy atom. The van der Waals surface area contributed by atoms with Gasteiger partial charge in [0.15, 0.2) is 0 Å². The van der Waals surface area contributed by atoms with Gasteiger partial charge in [0.2, 0.25) is 0 Å². The predicted molar refractivity (Wildman–Crippen MR) is 57.7 cm³/mol. The summed E-state index contributed by atoms with van der Waals surface area (Å²) in [4.78, 5) is 14.5. The zero-order valence-corrected chi connectivity index (χ0v) is 8.53. The van der Waals surface area contributed by atoms with E-state index < -0.39 is 11.8 Å². The zero-order valence-electron chi connectivity index (χ0n) is 8.53. The van der Waals surface area contributed by atoms with Crippen molar-refractivity contribution in [2.75, 3.05) is 11.9 Å². The molecule has 0 spiro atoms. The molecule has 4 nitrogen and oxygen atoms in total. The number of hydrogen-bond donors (Lipinski definition) is 2. The van der Waals surface area contributed by atoms with Crippen molar-refractivity contribution in [1.82, 2.24) is 4.98 Å². The van der Waals surface area contributed by atoms with Crippen molar-refractivity contribution in [1.29, 1.82) is 0 Å². The van der Waals surface area contributed by atoms with Gasteiger partial charge in [0.25, 0.3) is 0 Å². The number of carboxylic acid groups (broad SMARTS) is 1. The van der Waals surface area contributed by atoms with Gasteiger partial charge in [-0.15, -0.1) is 12.3 Å². The Morgan fingerprint density at radius 1 is 1.69 bits per heavy atom. The van der Waals surface area contributed by atoms with Crippen LogP contribution in [-0.2, 0) is 0 Å². The number of halogens is 1. The number of nitrogens with zero attached hydrogens (tertiary/aromatic N) is 1. The molecule has 0 unspecified atom stereocenters. The number of aromatic carboxylic acids is 1. The van der Waals surface area contributed by atoms with E-state index in [1.807, 2.05) is 0 Å². The van der Waals surface area contributed by atoms with Gasteiger partial charge in [-0.1, -0.05) is 0 Å². The fourth-order valence-corrected chi connectivity index (χ4v) is 1.14. The molecule has 0 amide bonds. The van der Waals surface area contributed by atoms with Crippen molar-refractivity contribution >= 4 is 11.8 Å². The average molecular weight is 222 g/mol. The molecule has 0 aromatic carbocycles. The number of unbranched alkanes of at least 4 members (excludes halogenated alkanes) is 1. The Hall–Kier alpha value is -2.09. The molecule has 0 atom stereocenters. The molecule has 1 aromatic heterocycles.